The van der Waals surface area contributed by atoms with Crippen LogP contribution in [0, 0.1) is 0 Å². The lowest BCUT2D eigenvalue weighted by atomic mass is 10.2. The van der Waals surface area contributed by atoms with Crippen LogP contribution in [0.1, 0.15) is 21.0 Å². The molecular weight excluding hydrogens is 306 g/mol. The summed E-state index contributed by atoms with van der Waals surface area (Å²) in [5, 5.41) is 4.46. The minimum absolute atomic E-state index is 0.239. The van der Waals surface area contributed by atoms with Crippen LogP contribution in [0.3, 0.4) is 0 Å². The van der Waals surface area contributed by atoms with Crippen molar-refractivity contribution in [2.75, 3.05) is 0 Å². The van der Waals surface area contributed by atoms with Crippen LogP contribution in [0.4, 0.5) is 0 Å². The Morgan fingerprint density at radius 3 is 2.38 bits per heavy atom. The first-order chi connectivity index (χ1) is 11.7. The first kappa shape index (κ1) is 15.4. The van der Waals surface area contributed by atoms with E-state index >= 15 is 0 Å². The third kappa shape index (κ3) is 3.65. The fourth-order valence-electron chi connectivity index (χ4n) is 2.02. The number of aromatic nitrogens is 2. The molecule has 3 rings (SSSR count). The van der Waals surface area contributed by atoms with Crippen molar-refractivity contribution in [3.05, 3.63) is 84.4 Å². The molecule has 2 amide bonds. The maximum absolute atomic E-state index is 12.2. The monoisotopic (exact) mass is 320 g/mol. The first-order valence-electron chi connectivity index (χ1n) is 7.22. The summed E-state index contributed by atoms with van der Waals surface area (Å²) in [5.74, 6) is -0.848. The normalized spacial score (nSPS) is 15.0. The van der Waals surface area contributed by atoms with Gasteiger partial charge in [-0.3, -0.25) is 24.9 Å². The van der Waals surface area contributed by atoms with Gasteiger partial charge >= 0.3 is 0 Å². The SMILES string of the molecule is O=C(N=C1C=C[NH2+]C=C1NC(=O)c1ccccn1)c1ccccn1. The largest absolute Gasteiger partial charge is 0.314 e. The van der Waals surface area contributed by atoms with Crippen molar-refractivity contribution in [2.45, 2.75) is 0 Å². The van der Waals surface area contributed by atoms with E-state index in [4.69, 9.17) is 0 Å². The van der Waals surface area contributed by atoms with Gasteiger partial charge in [-0.05, 0) is 24.3 Å². The first-order valence-corrected chi connectivity index (χ1v) is 7.22. The number of amides is 2. The van der Waals surface area contributed by atoms with Crippen molar-refractivity contribution in [1.29, 1.82) is 0 Å². The highest BCUT2D eigenvalue weighted by Crippen LogP contribution is 2.04. The summed E-state index contributed by atoms with van der Waals surface area (Å²) in [7, 11) is 0. The summed E-state index contributed by atoms with van der Waals surface area (Å²) >= 11 is 0. The molecule has 0 aromatic carbocycles. The zero-order chi connectivity index (χ0) is 16.8. The number of nitrogens with two attached hydrogens (primary N) is 1. The fraction of sp³-hybridized carbons (Fsp3) is 0. The zero-order valence-electron chi connectivity index (χ0n) is 12.6. The van der Waals surface area contributed by atoms with E-state index in [1.165, 1.54) is 12.4 Å². The van der Waals surface area contributed by atoms with E-state index in [0.29, 0.717) is 11.4 Å². The van der Waals surface area contributed by atoms with Crippen molar-refractivity contribution < 1.29 is 14.9 Å². The molecule has 1 aliphatic rings. The Labute approximate surface area is 137 Å². The second-order valence-electron chi connectivity index (χ2n) is 4.82. The number of hydrogen-bond donors (Lipinski definition) is 2. The van der Waals surface area contributed by atoms with Crippen LogP contribution in [-0.4, -0.2) is 27.5 Å². The minimum Gasteiger partial charge on any atom is -0.314 e. The van der Waals surface area contributed by atoms with E-state index in [2.05, 4.69) is 20.3 Å². The number of nitrogens with one attached hydrogen (secondary N) is 1. The maximum Gasteiger partial charge on any atom is 0.296 e. The number of pyridine rings is 2. The topological polar surface area (TPSA) is 101 Å². The highest BCUT2D eigenvalue weighted by molar-refractivity contribution is 6.16. The summed E-state index contributed by atoms with van der Waals surface area (Å²) in [5.41, 5.74) is 1.31. The van der Waals surface area contributed by atoms with Crippen LogP contribution in [-0.2, 0) is 0 Å². The number of carbonyl (C=O) groups is 2. The maximum atomic E-state index is 12.2. The van der Waals surface area contributed by atoms with Gasteiger partial charge in [0, 0.05) is 18.5 Å². The molecule has 24 heavy (non-hydrogen) atoms. The average Bonchev–Trinajstić information content (AvgIpc) is 2.64. The molecule has 0 saturated heterocycles. The van der Waals surface area contributed by atoms with Crippen LogP contribution >= 0.6 is 0 Å². The molecule has 7 nitrogen and oxygen atoms in total. The standard InChI is InChI=1S/C17H13N5O2/c23-16(13-5-1-3-8-19-13)21-12-7-10-18-11-15(12)22-17(24)14-6-2-4-9-20-14/h1-11H,(H,22,24)(H,18,21,23)/p+1. The molecule has 118 valence electrons. The van der Waals surface area contributed by atoms with E-state index in [1.807, 2.05) is 0 Å². The van der Waals surface area contributed by atoms with Gasteiger partial charge in [-0.1, -0.05) is 12.1 Å². The molecule has 2 aromatic rings. The van der Waals surface area contributed by atoms with Gasteiger partial charge in [0.05, 0.1) is 6.20 Å². The molecule has 3 N–H and O–H groups in total. The van der Waals surface area contributed by atoms with E-state index < -0.39 is 5.91 Å². The lowest BCUT2D eigenvalue weighted by Crippen LogP contribution is -2.73. The third-order valence-corrected chi connectivity index (χ3v) is 3.16. The molecular formula is C17H14N5O2+. The van der Waals surface area contributed by atoms with Crippen LogP contribution in [0.5, 0.6) is 0 Å². The molecule has 7 heteroatoms. The molecule has 0 bridgehead atoms. The Kier molecular flexibility index (Phi) is 4.64. The second-order valence-corrected chi connectivity index (χ2v) is 4.82. The average molecular weight is 320 g/mol. The van der Waals surface area contributed by atoms with Crippen LogP contribution in [0.25, 0.3) is 0 Å². The lowest BCUT2D eigenvalue weighted by molar-refractivity contribution is -0.515. The minimum atomic E-state index is -0.477. The van der Waals surface area contributed by atoms with Gasteiger partial charge in [-0.25, -0.2) is 4.99 Å². The van der Waals surface area contributed by atoms with Crippen LogP contribution in [0.15, 0.2) is 78.0 Å². The summed E-state index contributed by atoms with van der Waals surface area (Å²) in [6.45, 7) is 0. The number of aliphatic imine (C=N–C) groups is 1. The number of carbonyl (C=O) groups excluding carboxylic acids is 2. The second kappa shape index (κ2) is 7.21. The number of quaternary nitrogens is 1. The Morgan fingerprint density at radius 1 is 1.00 bits per heavy atom. The van der Waals surface area contributed by atoms with Crippen LogP contribution in [0.2, 0.25) is 0 Å². The quantitative estimate of drug-likeness (QED) is 0.856. The van der Waals surface area contributed by atoms with Gasteiger partial charge in [0.25, 0.3) is 11.8 Å². The zero-order valence-corrected chi connectivity index (χ0v) is 12.6. The molecule has 2 aromatic heterocycles. The predicted octanol–water partition coefficient (Wildman–Crippen LogP) is 0.420. The molecule has 0 spiro atoms. The Morgan fingerprint density at radius 2 is 1.71 bits per heavy atom. The van der Waals surface area contributed by atoms with E-state index in [9.17, 15) is 9.59 Å². The number of nitrogens with zero attached hydrogens (tertiary/aromatic N) is 3. The number of rotatable bonds is 3. The molecule has 0 aliphatic carbocycles. The molecule has 0 atom stereocenters. The molecule has 0 unspecified atom stereocenters. The van der Waals surface area contributed by atoms with Gasteiger partial charge in [0.1, 0.15) is 29.0 Å². The fourth-order valence-corrected chi connectivity index (χ4v) is 2.02. The molecule has 3 heterocycles. The van der Waals surface area contributed by atoms with Crippen molar-refractivity contribution in [3.8, 4) is 0 Å². The third-order valence-electron chi connectivity index (χ3n) is 3.16. The van der Waals surface area contributed by atoms with Gasteiger partial charge in [-0.2, -0.15) is 0 Å². The predicted molar refractivity (Wildman–Crippen MR) is 86.9 cm³/mol. The van der Waals surface area contributed by atoms with Gasteiger partial charge < -0.3 is 5.32 Å². The Bertz CT molecular complexity index is 842. The smallest absolute Gasteiger partial charge is 0.296 e. The van der Waals surface area contributed by atoms with Crippen molar-refractivity contribution >= 4 is 17.5 Å². The number of hydrogen-bond acceptors (Lipinski definition) is 4. The highest BCUT2D eigenvalue weighted by Gasteiger charge is 2.17. The van der Waals surface area contributed by atoms with E-state index in [-0.39, 0.29) is 17.3 Å². The summed E-state index contributed by atoms with van der Waals surface area (Å²) < 4.78 is 0. The van der Waals surface area contributed by atoms with E-state index in [0.717, 1.165) is 0 Å². The van der Waals surface area contributed by atoms with E-state index in [1.54, 1.807) is 60.2 Å². The van der Waals surface area contributed by atoms with Crippen molar-refractivity contribution in [3.63, 3.8) is 0 Å². The summed E-state index contributed by atoms with van der Waals surface area (Å²) in [6.07, 6.45) is 8.12. The molecule has 0 radical (unpaired) electrons. The number of allylic oxidation sites excluding steroid dienone is 1. The highest BCUT2D eigenvalue weighted by atomic mass is 16.2. The summed E-state index contributed by atoms with van der Waals surface area (Å²) in [4.78, 5) is 36.4. The molecule has 0 saturated carbocycles. The summed E-state index contributed by atoms with van der Waals surface area (Å²) in [6, 6.07) is 10.1. The Balaban J connectivity index is 1.80. The lowest BCUT2D eigenvalue weighted by Gasteiger charge is -2.10. The molecule has 0 fully saturated rings. The van der Waals surface area contributed by atoms with Crippen molar-refractivity contribution in [2.24, 2.45) is 4.99 Å². The van der Waals surface area contributed by atoms with Gasteiger partial charge in [-0.15, -0.1) is 0 Å². The van der Waals surface area contributed by atoms with Gasteiger partial charge in [0.15, 0.2) is 0 Å². The van der Waals surface area contributed by atoms with Gasteiger partial charge in [0.2, 0.25) is 0 Å². The van der Waals surface area contributed by atoms with Crippen molar-refractivity contribution in [1.82, 2.24) is 15.3 Å². The Hall–Kier alpha value is -3.45. The molecule has 1 aliphatic heterocycles. The van der Waals surface area contributed by atoms with Crippen LogP contribution < -0.4 is 10.6 Å².